The molecule has 6 nitrogen and oxygen atoms in total. The summed E-state index contributed by atoms with van der Waals surface area (Å²) in [6.07, 6.45) is 0. The van der Waals surface area contributed by atoms with Crippen LogP contribution in [0.2, 0.25) is 0 Å². The Kier molecular flexibility index (Phi) is 6.06. The highest BCUT2D eigenvalue weighted by atomic mass is 32.2. The van der Waals surface area contributed by atoms with Crippen molar-refractivity contribution in [2.24, 2.45) is 0 Å². The van der Waals surface area contributed by atoms with E-state index in [0.29, 0.717) is 23.8 Å². The van der Waals surface area contributed by atoms with Crippen LogP contribution in [0.5, 0.6) is 17.2 Å². The van der Waals surface area contributed by atoms with Gasteiger partial charge in [0.05, 0.1) is 19.9 Å². The molecule has 3 rings (SSSR count). The van der Waals surface area contributed by atoms with Crippen LogP contribution in [0.1, 0.15) is 5.56 Å². The lowest BCUT2D eigenvalue weighted by Gasteiger charge is -2.14. The zero-order chi connectivity index (χ0) is 20.0. The maximum atomic E-state index is 12.9. The van der Waals surface area contributed by atoms with Gasteiger partial charge < -0.3 is 14.2 Å². The van der Waals surface area contributed by atoms with Crippen LogP contribution in [0.15, 0.2) is 77.7 Å². The molecule has 0 atom stereocenters. The first-order valence-electron chi connectivity index (χ1n) is 8.53. The number of rotatable bonds is 8. The number of benzene rings is 3. The largest absolute Gasteiger partial charge is 0.497 e. The molecular weight excluding hydrogens is 378 g/mol. The van der Waals surface area contributed by atoms with E-state index in [4.69, 9.17) is 14.2 Å². The van der Waals surface area contributed by atoms with Gasteiger partial charge in [0.15, 0.2) is 0 Å². The Morgan fingerprint density at radius 3 is 2.32 bits per heavy atom. The van der Waals surface area contributed by atoms with Gasteiger partial charge in [0, 0.05) is 12.1 Å². The minimum atomic E-state index is -3.88. The van der Waals surface area contributed by atoms with E-state index in [9.17, 15) is 8.42 Å². The molecule has 3 aromatic carbocycles. The van der Waals surface area contributed by atoms with Crippen LogP contribution in [0.4, 0.5) is 5.69 Å². The molecule has 0 spiro atoms. The van der Waals surface area contributed by atoms with Crippen LogP contribution >= 0.6 is 0 Å². The molecule has 0 fully saturated rings. The molecule has 28 heavy (non-hydrogen) atoms. The third-order valence-corrected chi connectivity index (χ3v) is 5.40. The zero-order valence-electron chi connectivity index (χ0n) is 15.6. The summed E-state index contributed by atoms with van der Waals surface area (Å²) in [5, 5.41) is 0. The SMILES string of the molecule is COc1ccc(OC)c(S(=O)(=O)Nc2cccc(OCc3ccccc3)c2)c1. The van der Waals surface area contributed by atoms with E-state index in [1.807, 2.05) is 30.3 Å². The van der Waals surface area contributed by atoms with Crippen LogP contribution in [0.3, 0.4) is 0 Å². The molecule has 0 saturated heterocycles. The molecule has 0 radical (unpaired) electrons. The molecule has 0 aromatic heterocycles. The van der Waals surface area contributed by atoms with Gasteiger partial charge in [-0.1, -0.05) is 36.4 Å². The van der Waals surface area contributed by atoms with Gasteiger partial charge >= 0.3 is 0 Å². The highest BCUT2D eigenvalue weighted by Gasteiger charge is 2.21. The fraction of sp³-hybridized carbons (Fsp3) is 0.143. The van der Waals surface area contributed by atoms with Gasteiger partial charge in [-0.2, -0.15) is 0 Å². The van der Waals surface area contributed by atoms with E-state index in [1.54, 1.807) is 36.4 Å². The smallest absolute Gasteiger partial charge is 0.265 e. The second-order valence-corrected chi connectivity index (χ2v) is 7.58. The van der Waals surface area contributed by atoms with E-state index in [1.165, 1.54) is 20.3 Å². The van der Waals surface area contributed by atoms with Crippen molar-refractivity contribution in [2.45, 2.75) is 11.5 Å². The summed E-state index contributed by atoms with van der Waals surface area (Å²) in [5.41, 5.74) is 1.41. The lowest BCUT2D eigenvalue weighted by molar-refractivity contribution is 0.306. The molecule has 0 aliphatic rings. The quantitative estimate of drug-likeness (QED) is 0.618. The van der Waals surface area contributed by atoms with Gasteiger partial charge in [0.1, 0.15) is 28.8 Å². The highest BCUT2D eigenvalue weighted by Crippen LogP contribution is 2.30. The Balaban J connectivity index is 1.79. The maximum absolute atomic E-state index is 12.9. The minimum Gasteiger partial charge on any atom is -0.497 e. The minimum absolute atomic E-state index is 0.00930. The molecule has 1 N–H and O–H groups in total. The van der Waals surface area contributed by atoms with Crippen molar-refractivity contribution in [3.05, 3.63) is 78.4 Å². The van der Waals surface area contributed by atoms with Crippen molar-refractivity contribution in [2.75, 3.05) is 18.9 Å². The number of anilines is 1. The van der Waals surface area contributed by atoms with Crippen LogP contribution in [0, 0.1) is 0 Å². The van der Waals surface area contributed by atoms with Crippen LogP contribution < -0.4 is 18.9 Å². The first-order chi connectivity index (χ1) is 13.5. The molecular formula is C21H21NO5S. The summed E-state index contributed by atoms with van der Waals surface area (Å²) in [5.74, 6) is 1.20. The Morgan fingerprint density at radius 1 is 0.821 bits per heavy atom. The average Bonchev–Trinajstić information content (AvgIpc) is 2.72. The number of nitrogens with one attached hydrogen (secondary N) is 1. The monoisotopic (exact) mass is 399 g/mol. The molecule has 0 aliphatic carbocycles. The van der Waals surface area contributed by atoms with Crippen molar-refractivity contribution < 1.29 is 22.6 Å². The van der Waals surface area contributed by atoms with Gasteiger partial charge in [0.25, 0.3) is 10.0 Å². The number of hydrogen-bond acceptors (Lipinski definition) is 5. The van der Waals surface area contributed by atoms with Crippen LogP contribution in [-0.4, -0.2) is 22.6 Å². The van der Waals surface area contributed by atoms with Gasteiger partial charge in [-0.25, -0.2) is 8.42 Å². The fourth-order valence-corrected chi connectivity index (χ4v) is 3.83. The van der Waals surface area contributed by atoms with E-state index < -0.39 is 10.0 Å². The molecule has 0 amide bonds. The topological polar surface area (TPSA) is 73.9 Å². The van der Waals surface area contributed by atoms with Crippen molar-refractivity contribution in [3.8, 4) is 17.2 Å². The van der Waals surface area contributed by atoms with Crippen molar-refractivity contribution in [3.63, 3.8) is 0 Å². The Morgan fingerprint density at radius 2 is 1.61 bits per heavy atom. The Bertz CT molecular complexity index is 1040. The first-order valence-corrected chi connectivity index (χ1v) is 10.0. The zero-order valence-corrected chi connectivity index (χ0v) is 16.4. The van der Waals surface area contributed by atoms with Gasteiger partial charge in [-0.05, 0) is 29.8 Å². The summed E-state index contributed by atoms with van der Waals surface area (Å²) in [4.78, 5) is -0.00930. The van der Waals surface area contributed by atoms with E-state index in [2.05, 4.69) is 4.72 Å². The predicted molar refractivity (Wildman–Crippen MR) is 108 cm³/mol. The van der Waals surface area contributed by atoms with Crippen molar-refractivity contribution in [1.82, 2.24) is 0 Å². The van der Waals surface area contributed by atoms with Crippen molar-refractivity contribution >= 4 is 15.7 Å². The normalized spacial score (nSPS) is 10.9. The molecule has 3 aromatic rings. The second-order valence-electron chi connectivity index (χ2n) is 5.92. The molecule has 146 valence electrons. The average molecular weight is 399 g/mol. The summed E-state index contributed by atoms with van der Waals surface area (Å²) < 4.78 is 44.3. The summed E-state index contributed by atoms with van der Waals surface area (Å²) in [7, 11) is -0.996. The predicted octanol–water partition coefficient (Wildman–Crippen LogP) is 4.08. The standard InChI is InChI=1S/C21H21NO5S/c1-25-18-11-12-20(26-2)21(14-18)28(23,24)22-17-9-6-10-19(13-17)27-15-16-7-4-3-5-8-16/h3-14,22H,15H2,1-2H3. The summed E-state index contributed by atoms with van der Waals surface area (Å²) in [6.45, 7) is 0.390. The molecule has 0 unspecified atom stereocenters. The second kappa shape index (κ2) is 8.67. The molecule has 7 heteroatoms. The Labute approximate surface area is 164 Å². The van der Waals surface area contributed by atoms with Crippen LogP contribution in [0.25, 0.3) is 0 Å². The lowest BCUT2D eigenvalue weighted by Crippen LogP contribution is -2.14. The van der Waals surface area contributed by atoms with E-state index in [0.717, 1.165) is 5.56 Å². The van der Waals surface area contributed by atoms with Gasteiger partial charge in [-0.3, -0.25) is 4.72 Å². The van der Waals surface area contributed by atoms with Gasteiger partial charge in [-0.15, -0.1) is 0 Å². The number of hydrogen-bond donors (Lipinski definition) is 1. The lowest BCUT2D eigenvalue weighted by atomic mass is 10.2. The van der Waals surface area contributed by atoms with Crippen molar-refractivity contribution in [1.29, 1.82) is 0 Å². The van der Waals surface area contributed by atoms with E-state index >= 15 is 0 Å². The fourth-order valence-electron chi connectivity index (χ4n) is 2.59. The number of methoxy groups -OCH3 is 2. The van der Waals surface area contributed by atoms with Crippen LogP contribution in [-0.2, 0) is 16.6 Å². The van der Waals surface area contributed by atoms with Gasteiger partial charge in [0.2, 0.25) is 0 Å². The molecule has 0 saturated carbocycles. The third-order valence-electron chi connectivity index (χ3n) is 3.99. The Hall–Kier alpha value is -3.19. The number of sulfonamides is 1. The third kappa shape index (κ3) is 4.75. The van der Waals surface area contributed by atoms with E-state index in [-0.39, 0.29) is 10.6 Å². The molecule has 0 bridgehead atoms. The first kappa shape index (κ1) is 19.6. The molecule has 0 aliphatic heterocycles. The molecule has 0 heterocycles. The summed E-state index contributed by atoms with van der Waals surface area (Å²) >= 11 is 0. The number of ether oxygens (including phenoxy) is 3. The highest BCUT2D eigenvalue weighted by molar-refractivity contribution is 7.92. The maximum Gasteiger partial charge on any atom is 0.265 e. The summed E-state index contributed by atoms with van der Waals surface area (Å²) in [6, 6.07) is 21.1.